The van der Waals surface area contributed by atoms with Crippen molar-refractivity contribution in [2.24, 2.45) is 0 Å². The van der Waals surface area contributed by atoms with Gasteiger partial charge in [-0.25, -0.2) is 4.74 Å². The fourth-order valence-corrected chi connectivity index (χ4v) is 2.31. The van der Waals surface area contributed by atoms with Crippen LogP contribution in [0.2, 0.25) is 0 Å². The molecule has 1 aliphatic rings. The van der Waals surface area contributed by atoms with Crippen LogP contribution >= 0.6 is 0 Å². The molecule has 0 amide bonds. The second-order valence-corrected chi connectivity index (χ2v) is 4.27. The van der Waals surface area contributed by atoms with Crippen molar-refractivity contribution in [3.05, 3.63) is 46.7 Å². The van der Waals surface area contributed by atoms with E-state index in [1.54, 1.807) is 0 Å². The van der Waals surface area contributed by atoms with Gasteiger partial charge in [-0.1, -0.05) is 12.1 Å². The number of ether oxygens (including phenoxy) is 1. The van der Waals surface area contributed by atoms with Gasteiger partial charge in [-0.2, -0.15) is 17.6 Å². The van der Waals surface area contributed by atoms with Crippen LogP contribution in [0, 0.1) is 5.21 Å². The summed E-state index contributed by atoms with van der Waals surface area (Å²) in [5.41, 5.74) is -1.96. The van der Waals surface area contributed by atoms with Crippen LogP contribution in [0.15, 0.2) is 30.3 Å². The fraction of sp³-hybridized carbons (Fsp3) is 0.167. The van der Waals surface area contributed by atoms with Crippen molar-refractivity contribution in [2.75, 3.05) is 5.23 Å². The second kappa shape index (κ2) is 3.81. The van der Waals surface area contributed by atoms with Gasteiger partial charge in [0.15, 0.2) is 0 Å². The summed E-state index contributed by atoms with van der Waals surface area (Å²) in [5, 5.41) is 18.6. The molecule has 1 N–H and O–H groups in total. The molecule has 1 aliphatic heterocycles. The van der Waals surface area contributed by atoms with Crippen molar-refractivity contribution in [2.45, 2.75) is 12.2 Å². The van der Waals surface area contributed by atoms with Crippen molar-refractivity contribution in [3.63, 3.8) is 0 Å². The van der Waals surface area contributed by atoms with Gasteiger partial charge >= 0.3 is 12.2 Å². The summed E-state index contributed by atoms with van der Waals surface area (Å²) in [4.78, 5) is 0. The summed E-state index contributed by atoms with van der Waals surface area (Å²) in [6, 6.07) is 4.97. The highest BCUT2D eigenvalue weighted by Crippen LogP contribution is 2.51. The summed E-state index contributed by atoms with van der Waals surface area (Å²) in [5.74, 6) is 0. The maximum Gasteiger partial charge on any atom is 0.388 e. The van der Waals surface area contributed by atoms with Gasteiger partial charge < -0.3 is 10.4 Å². The molecule has 0 aliphatic carbocycles. The zero-order valence-electron chi connectivity index (χ0n) is 9.61. The fourth-order valence-electron chi connectivity index (χ4n) is 2.31. The highest BCUT2D eigenvalue weighted by atomic mass is 19.3. The van der Waals surface area contributed by atoms with E-state index in [0.29, 0.717) is 0 Å². The molecule has 0 aromatic heterocycles. The molecule has 4 nitrogen and oxygen atoms in total. The molecule has 0 spiro atoms. The van der Waals surface area contributed by atoms with Crippen LogP contribution in [0.4, 0.5) is 23.2 Å². The molecule has 2 aromatic rings. The zero-order valence-corrected chi connectivity index (χ0v) is 9.61. The molecule has 0 unspecified atom stereocenters. The minimum absolute atomic E-state index is 0.208. The Balaban J connectivity index is 2.48. The zero-order chi connectivity index (χ0) is 14.7. The Morgan fingerprint density at radius 3 is 2.20 bits per heavy atom. The first-order chi connectivity index (χ1) is 9.24. The lowest BCUT2D eigenvalue weighted by molar-refractivity contribution is -0.394. The van der Waals surface area contributed by atoms with Gasteiger partial charge in [0.25, 0.3) is 0 Å². The van der Waals surface area contributed by atoms with Crippen LogP contribution in [0.5, 0.6) is 0 Å². The summed E-state index contributed by atoms with van der Waals surface area (Å²) in [6.07, 6.45) is -8.39. The summed E-state index contributed by atoms with van der Waals surface area (Å²) >= 11 is 0. The van der Waals surface area contributed by atoms with Crippen molar-refractivity contribution >= 4 is 16.5 Å². The molecule has 3 rings (SSSR count). The second-order valence-electron chi connectivity index (χ2n) is 4.27. The molecule has 0 saturated carbocycles. The summed E-state index contributed by atoms with van der Waals surface area (Å²) in [7, 11) is 0. The Labute approximate surface area is 109 Å². The lowest BCUT2D eigenvalue weighted by Gasteiger charge is -2.33. The summed E-state index contributed by atoms with van der Waals surface area (Å²) < 4.78 is 58.1. The Morgan fingerprint density at radius 1 is 1.00 bits per heavy atom. The van der Waals surface area contributed by atoms with Gasteiger partial charge in [-0.15, -0.1) is 0 Å². The SMILES string of the molecule is [O-]N(O)c1ccc2c3c(cccc13)C(F)(F)OC2(F)F. The minimum Gasteiger partial charge on any atom is -0.733 e. The van der Waals surface area contributed by atoms with E-state index in [-0.39, 0.29) is 5.39 Å². The molecule has 1 heterocycles. The molecule has 0 fully saturated rings. The van der Waals surface area contributed by atoms with E-state index in [1.807, 2.05) is 0 Å². The van der Waals surface area contributed by atoms with Crippen molar-refractivity contribution in [1.82, 2.24) is 0 Å². The minimum atomic E-state index is -4.20. The molecule has 0 bridgehead atoms. The average molecular weight is 288 g/mol. The quantitative estimate of drug-likeness (QED) is 0.642. The van der Waals surface area contributed by atoms with Crippen LogP contribution in [-0.4, -0.2) is 5.21 Å². The Morgan fingerprint density at radius 2 is 1.60 bits per heavy atom. The van der Waals surface area contributed by atoms with Gasteiger partial charge in [-0.3, -0.25) is 5.21 Å². The first-order valence-corrected chi connectivity index (χ1v) is 5.43. The van der Waals surface area contributed by atoms with Crippen molar-refractivity contribution < 1.29 is 27.5 Å². The third-order valence-electron chi connectivity index (χ3n) is 3.11. The first-order valence-electron chi connectivity index (χ1n) is 5.43. The standard InChI is InChI=1S/C12H6F4NO3/c13-11(14)7-3-1-2-6-9(17(18)19)5-4-8(10(6)7)12(15,16)20-11/h1-5,18H/q-1. The lowest BCUT2D eigenvalue weighted by atomic mass is 9.94. The highest BCUT2D eigenvalue weighted by molar-refractivity contribution is 5.99. The molecular weight excluding hydrogens is 282 g/mol. The molecular formula is C12H6F4NO3-. The molecule has 2 aromatic carbocycles. The van der Waals surface area contributed by atoms with Crippen LogP contribution in [0.25, 0.3) is 10.8 Å². The number of halogens is 4. The highest BCUT2D eigenvalue weighted by Gasteiger charge is 2.53. The molecule has 0 saturated heterocycles. The Bertz CT molecular complexity index is 682. The van der Waals surface area contributed by atoms with Gasteiger partial charge in [0.1, 0.15) is 0 Å². The van der Waals surface area contributed by atoms with Crippen LogP contribution < -0.4 is 5.23 Å². The maximum absolute atomic E-state index is 13.6. The average Bonchev–Trinajstić information content (AvgIpc) is 2.33. The predicted molar refractivity (Wildman–Crippen MR) is 60.5 cm³/mol. The molecule has 0 atom stereocenters. The number of nitrogens with zero attached hydrogens (tertiary/aromatic N) is 1. The van der Waals surface area contributed by atoms with E-state index in [2.05, 4.69) is 4.74 Å². The third-order valence-corrected chi connectivity index (χ3v) is 3.11. The van der Waals surface area contributed by atoms with E-state index < -0.39 is 39.6 Å². The number of anilines is 1. The van der Waals surface area contributed by atoms with Gasteiger partial charge in [-0.05, 0) is 18.2 Å². The molecule has 8 heteroatoms. The van der Waals surface area contributed by atoms with E-state index in [0.717, 1.165) is 24.3 Å². The van der Waals surface area contributed by atoms with Gasteiger partial charge in [0, 0.05) is 10.8 Å². The van der Waals surface area contributed by atoms with Crippen molar-refractivity contribution in [1.29, 1.82) is 0 Å². The Kier molecular flexibility index (Phi) is 2.50. The number of hydrogen-bond acceptors (Lipinski definition) is 4. The predicted octanol–water partition coefficient (Wildman–Crippen LogP) is 3.66. The smallest absolute Gasteiger partial charge is 0.388 e. The monoisotopic (exact) mass is 288 g/mol. The molecule has 0 radical (unpaired) electrons. The summed E-state index contributed by atoms with van der Waals surface area (Å²) in [6.45, 7) is 0. The van der Waals surface area contributed by atoms with Crippen molar-refractivity contribution in [3.8, 4) is 0 Å². The number of benzene rings is 2. The molecule has 106 valence electrons. The van der Waals surface area contributed by atoms with Crippen LogP contribution in [0.1, 0.15) is 11.1 Å². The van der Waals surface area contributed by atoms with Crippen LogP contribution in [-0.2, 0) is 17.0 Å². The van der Waals surface area contributed by atoms with E-state index in [9.17, 15) is 22.8 Å². The van der Waals surface area contributed by atoms with Gasteiger partial charge in [0.2, 0.25) is 0 Å². The maximum atomic E-state index is 13.6. The largest absolute Gasteiger partial charge is 0.733 e. The topological polar surface area (TPSA) is 55.8 Å². The van der Waals surface area contributed by atoms with E-state index >= 15 is 0 Å². The van der Waals surface area contributed by atoms with Crippen LogP contribution in [0.3, 0.4) is 0 Å². The van der Waals surface area contributed by atoms with E-state index in [1.165, 1.54) is 6.07 Å². The number of hydrogen-bond donors (Lipinski definition) is 1. The number of rotatable bonds is 1. The normalized spacial score (nSPS) is 19.1. The van der Waals surface area contributed by atoms with E-state index in [4.69, 9.17) is 5.21 Å². The number of alkyl halides is 4. The molecule has 20 heavy (non-hydrogen) atoms. The Hall–Kier alpha value is -1.90. The third kappa shape index (κ3) is 1.65. The van der Waals surface area contributed by atoms with Gasteiger partial charge in [0.05, 0.1) is 16.8 Å². The lowest BCUT2D eigenvalue weighted by Crippen LogP contribution is -2.34. The first kappa shape index (κ1) is 13.1.